The first-order valence-corrected chi connectivity index (χ1v) is 5.89. The summed E-state index contributed by atoms with van der Waals surface area (Å²) in [7, 11) is 1.65. The zero-order valence-corrected chi connectivity index (χ0v) is 11.0. The highest BCUT2D eigenvalue weighted by molar-refractivity contribution is 9.10. The van der Waals surface area contributed by atoms with Gasteiger partial charge in [-0.25, -0.2) is 0 Å². The van der Waals surface area contributed by atoms with Crippen molar-refractivity contribution in [3.63, 3.8) is 0 Å². The van der Waals surface area contributed by atoms with E-state index in [1.54, 1.807) is 7.11 Å². The van der Waals surface area contributed by atoms with Gasteiger partial charge in [0.1, 0.15) is 0 Å². The second-order valence-corrected chi connectivity index (χ2v) is 4.60. The van der Waals surface area contributed by atoms with Gasteiger partial charge in [0.05, 0.1) is 11.4 Å². The minimum absolute atomic E-state index is 0.0678. The van der Waals surface area contributed by atoms with E-state index >= 15 is 0 Å². The minimum Gasteiger partial charge on any atom is -0.383 e. The van der Waals surface area contributed by atoms with Crippen LogP contribution in [0, 0.1) is 0 Å². The monoisotopic (exact) mass is 265 g/mol. The normalized spacial score (nSPS) is 13.0. The Bertz CT molecular complexity index is 174. The highest BCUT2D eigenvalue weighted by Crippen LogP contribution is 2.11. The fourth-order valence-corrected chi connectivity index (χ4v) is 1.43. The topological polar surface area (TPSA) is 29.5 Å². The van der Waals surface area contributed by atoms with E-state index in [2.05, 4.69) is 15.9 Å². The maximum atomic E-state index is 11.8. The number of ether oxygens (including phenoxy) is 1. The Morgan fingerprint density at radius 2 is 2.07 bits per heavy atom. The summed E-state index contributed by atoms with van der Waals surface area (Å²) in [5.74, 6) is 0.152. The molecule has 0 aromatic rings. The molecule has 1 unspecified atom stereocenters. The first-order valence-electron chi connectivity index (χ1n) is 4.98. The van der Waals surface area contributed by atoms with E-state index in [-0.39, 0.29) is 16.8 Å². The van der Waals surface area contributed by atoms with Crippen LogP contribution in [0.1, 0.15) is 27.2 Å². The van der Waals surface area contributed by atoms with Gasteiger partial charge in [-0.2, -0.15) is 0 Å². The highest BCUT2D eigenvalue weighted by atomic mass is 79.9. The smallest absolute Gasteiger partial charge is 0.236 e. The molecule has 0 bridgehead atoms. The van der Waals surface area contributed by atoms with Gasteiger partial charge >= 0.3 is 0 Å². The number of carbonyl (C=O) groups is 1. The molecule has 0 heterocycles. The van der Waals surface area contributed by atoms with Crippen LogP contribution in [0.3, 0.4) is 0 Å². The zero-order chi connectivity index (χ0) is 11.1. The zero-order valence-electron chi connectivity index (χ0n) is 9.42. The van der Waals surface area contributed by atoms with Crippen molar-refractivity contribution in [2.75, 3.05) is 20.3 Å². The van der Waals surface area contributed by atoms with Crippen LogP contribution >= 0.6 is 15.9 Å². The van der Waals surface area contributed by atoms with Crippen LogP contribution in [0.4, 0.5) is 0 Å². The van der Waals surface area contributed by atoms with Crippen LogP contribution in [0.15, 0.2) is 0 Å². The molecule has 0 N–H and O–H groups in total. The van der Waals surface area contributed by atoms with Crippen molar-refractivity contribution in [3.05, 3.63) is 0 Å². The van der Waals surface area contributed by atoms with Gasteiger partial charge in [-0.1, -0.05) is 22.9 Å². The molecule has 14 heavy (non-hydrogen) atoms. The van der Waals surface area contributed by atoms with Gasteiger partial charge in [-0.3, -0.25) is 4.79 Å². The van der Waals surface area contributed by atoms with E-state index < -0.39 is 0 Å². The molecule has 0 aromatic heterocycles. The lowest BCUT2D eigenvalue weighted by molar-refractivity contribution is -0.132. The van der Waals surface area contributed by atoms with E-state index in [1.165, 1.54) is 0 Å². The number of halogens is 1. The molecule has 1 atom stereocenters. The summed E-state index contributed by atoms with van der Waals surface area (Å²) in [5.41, 5.74) is 0. The van der Waals surface area contributed by atoms with Crippen molar-refractivity contribution < 1.29 is 9.53 Å². The van der Waals surface area contributed by atoms with Gasteiger partial charge in [0.25, 0.3) is 0 Å². The Morgan fingerprint density at radius 1 is 1.50 bits per heavy atom. The van der Waals surface area contributed by atoms with Crippen molar-refractivity contribution in [1.29, 1.82) is 0 Å². The lowest BCUT2D eigenvalue weighted by atomic mass is 10.2. The Morgan fingerprint density at radius 3 is 2.43 bits per heavy atom. The van der Waals surface area contributed by atoms with Gasteiger partial charge < -0.3 is 9.64 Å². The molecule has 3 nitrogen and oxygen atoms in total. The summed E-state index contributed by atoms with van der Waals surface area (Å²) in [5, 5.41) is 0. The third kappa shape index (κ3) is 4.42. The highest BCUT2D eigenvalue weighted by Gasteiger charge is 2.22. The average Bonchev–Trinajstić information content (AvgIpc) is 2.16. The number of methoxy groups -OCH3 is 1. The second kappa shape index (κ2) is 7.23. The number of amides is 1. The number of alkyl halides is 1. The lowest BCUT2D eigenvalue weighted by Gasteiger charge is -2.28. The van der Waals surface area contributed by atoms with Crippen molar-refractivity contribution in [2.45, 2.75) is 38.1 Å². The second-order valence-electron chi connectivity index (χ2n) is 3.49. The van der Waals surface area contributed by atoms with Gasteiger partial charge in [0.15, 0.2) is 0 Å². The van der Waals surface area contributed by atoms with Gasteiger partial charge in [0.2, 0.25) is 5.91 Å². The third-order valence-corrected chi connectivity index (χ3v) is 3.11. The van der Waals surface area contributed by atoms with E-state index in [9.17, 15) is 4.79 Å². The summed E-state index contributed by atoms with van der Waals surface area (Å²) in [6.07, 6.45) is 0.815. The fraction of sp³-hybridized carbons (Fsp3) is 0.900. The molecule has 0 aromatic carbocycles. The molecule has 0 fully saturated rings. The van der Waals surface area contributed by atoms with Crippen LogP contribution < -0.4 is 0 Å². The fourth-order valence-electron chi connectivity index (χ4n) is 1.17. The predicted octanol–water partition coefficient (Wildman–Crippen LogP) is 2.04. The first kappa shape index (κ1) is 13.9. The van der Waals surface area contributed by atoms with Gasteiger partial charge in [-0.05, 0) is 20.3 Å². The average molecular weight is 266 g/mol. The molecular weight excluding hydrogens is 246 g/mol. The molecule has 1 amide bonds. The minimum atomic E-state index is -0.0678. The molecule has 0 radical (unpaired) electrons. The summed E-state index contributed by atoms with van der Waals surface area (Å²) in [6.45, 7) is 7.28. The van der Waals surface area contributed by atoms with Crippen LogP contribution in [0.25, 0.3) is 0 Å². The molecule has 0 saturated carbocycles. The first-order chi connectivity index (χ1) is 6.54. The maximum Gasteiger partial charge on any atom is 0.236 e. The van der Waals surface area contributed by atoms with Crippen LogP contribution in [0.2, 0.25) is 0 Å². The number of carbonyl (C=O) groups excluding carboxylic acids is 1. The van der Waals surface area contributed by atoms with E-state index in [0.29, 0.717) is 13.2 Å². The van der Waals surface area contributed by atoms with Crippen molar-refractivity contribution >= 4 is 21.8 Å². The van der Waals surface area contributed by atoms with E-state index in [1.807, 2.05) is 25.7 Å². The molecule has 0 rings (SSSR count). The van der Waals surface area contributed by atoms with Crippen molar-refractivity contribution in [3.8, 4) is 0 Å². The Kier molecular flexibility index (Phi) is 7.19. The van der Waals surface area contributed by atoms with Crippen LogP contribution in [-0.2, 0) is 9.53 Å². The summed E-state index contributed by atoms with van der Waals surface area (Å²) < 4.78 is 4.98. The van der Waals surface area contributed by atoms with E-state index in [0.717, 1.165) is 6.42 Å². The third-order valence-electron chi connectivity index (χ3n) is 2.07. The van der Waals surface area contributed by atoms with Crippen molar-refractivity contribution in [1.82, 2.24) is 4.90 Å². The van der Waals surface area contributed by atoms with Crippen LogP contribution in [-0.4, -0.2) is 41.9 Å². The molecule has 0 spiro atoms. The molecule has 84 valence electrons. The summed E-state index contributed by atoms with van der Waals surface area (Å²) >= 11 is 3.37. The maximum absolute atomic E-state index is 11.8. The largest absolute Gasteiger partial charge is 0.383 e. The summed E-state index contributed by atoms with van der Waals surface area (Å²) in [6, 6.07) is 0.226. The Labute approximate surface area is 94.9 Å². The van der Waals surface area contributed by atoms with Gasteiger partial charge in [-0.15, -0.1) is 0 Å². The molecular formula is C10H20BrNO2. The molecule has 4 heteroatoms. The van der Waals surface area contributed by atoms with E-state index in [4.69, 9.17) is 4.74 Å². The Balaban J connectivity index is 4.25. The quantitative estimate of drug-likeness (QED) is 0.688. The molecule has 0 aliphatic carbocycles. The number of nitrogens with zero attached hydrogens (tertiary/aromatic N) is 1. The molecule has 0 saturated heterocycles. The Hall–Kier alpha value is -0.0900. The van der Waals surface area contributed by atoms with Crippen LogP contribution in [0.5, 0.6) is 0 Å². The SMILES string of the molecule is CCC(Br)C(=O)N(CCOC)C(C)C. The summed E-state index contributed by atoms with van der Waals surface area (Å²) in [4.78, 5) is 13.6. The standard InChI is InChI=1S/C10H20BrNO2/c1-5-9(11)10(13)12(8(2)3)6-7-14-4/h8-9H,5-7H2,1-4H3. The van der Waals surface area contributed by atoms with Gasteiger partial charge in [0, 0.05) is 19.7 Å². The molecule has 0 aliphatic heterocycles. The van der Waals surface area contributed by atoms with Crippen molar-refractivity contribution in [2.24, 2.45) is 0 Å². The number of hydrogen-bond donors (Lipinski definition) is 0. The lowest BCUT2D eigenvalue weighted by Crippen LogP contribution is -2.43. The molecule has 0 aliphatic rings. The number of rotatable bonds is 6. The number of hydrogen-bond acceptors (Lipinski definition) is 2. The predicted molar refractivity (Wildman–Crippen MR) is 61.7 cm³/mol.